The highest BCUT2D eigenvalue weighted by Gasteiger charge is 2.30. The lowest BCUT2D eigenvalue weighted by atomic mass is 10.1. The molecule has 1 aromatic rings. The van der Waals surface area contributed by atoms with E-state index < -0.39 is 20.7 Å². The Morgan fingerprint density at radius 3 is 2.47 bits per heavy atom. The molecule has 0 radical (unpaired) electrons. The molecule has 0 saturated carbocycles. The molecule has 2 aliphatic heterocycles. The summed E-state index contributed by atoms with van der Waals surface area (Å²) in [5.41, 5.74) is 5.37. The molecule has 1 atom stereocenters. The van der Waals surface area contributed by atoms with Gasteiger partial charge in [0.1, 0.15) is 5.69 Å². The van der Waals surface area contributed by atoms with E-state index >= 15 is 0 Å². The minimum absolute atomic E-state index is 0.0162. The monoisotopic (exact) mass is 440 g/mol. The smallest absolute Gasteiger partial charge is 0.293 e. The second-order valence-electron chi connectivity index (χ2n) is 7.73. The van der Waals surface area contributed by atoms with Gasteiger partial charge in [0.15, 0.2) is 16.4 Å². The Morgan fingerprint density at radius 1 is 1.17 bits per heavy atom. The lowest BCUT2D eigenvalue weighted by Gasteiger charge is -2.32. The maximum atomic E-state index is 12.1. The lowest BCUT2D eigenvalue weighted by molar-refractivity contribution is -0.892. The summed E-state index contributed by atoms with van der Waals surface area (Å²) >= 11 is 0. The highest BCUT2D eigenvalue weighted by Crippen LogP contribution is 2.27. The van der Waals surface area contributed by atoms with E-state index in [4.69, 9.17) is 0 Å². The molecule has 3 rings (SSSR count). The van der Waals surface area contributed by atoms with Crippen LogP contribution in [0.15, 0.2) is 24.3 Å². The first-order valence-electron chi connectivity index (χ1n) is 9.83. The number of nitrogens with one attached hydrogen (secondary N) is 3. The summed E-state index contributed by atoms with van der Waals surface area (Å²) in [6.07, 6.45) is 0.540. The maximum Gasteiger partial charge on any atom is 0.293 e. The molecule has 11 nitrogen and oxygen atoms in total. The lowest BCUT2D eigenvalue weighted by Crippen LogP contribution is -3.16. The van der Waals surface area contributed by atoms with Gasteiger partial charge in [-0.3, -0.25) is 30.6 Å². The molecule has 1 aromatic carbocycles. The molecule has 2 fully saturated rings. The van der Waals surface area contributed by atoms with E-state index in [1.807, 2.05) is 4.90 Å². The molecule has 2 aliphatic rings. The van der Waals surface area contributed by atoms with Gasteiger partial charge in [-0.25, -0.2) is 8.42 Å². The predicted molar refractivity (Wildman–Crippen MR) is 109 cm³/mol. The first-order valence-corrected chi connectivity index (χ1v) is 11.7. The van der Waals surface area contributed by atoms with Crippen LogP contribution in [-0.4, -0.2) is 69.4 Å². The largest absolute Gasteiger partial charge is 0.355 e. The number of hydrogen-bond acceptors (Lipinski definition) is 7. The highest BCUT2D eigenvalue weighted by molar-refractivity contribution is 7.91. The van der Waals surface area contributed by atoms with Gasteiger partial charge in [-0.05, 0) is 18.4 Å². The molecular formula is C18H26N5O6S+. The Balaban J connectivity index is 1.39. The summed E-state index contributed by atoms with van der Waals surface area (Å²) in [5, 5.41) is 11.2. The SMILES string of the molecule is O=C(CC1CCS(=O)(=O)C1)NNC(=O)C[NH+]1CCN(c2ccccc2[N+](=O)[O-])CC1. The number of nitro benzene ring substituents is 1. The number of benzene rings is 1. The molecule has 3 N–H and O–H groups in total. The van der Waals surface area contributed by atoms with Crippen LogP contribution < -0.4 is 20.7 Å². The van der Waals surface area contributed by atoms with Gasteiger partial charge in [-0.1, -0.05) is 12.1 Å². The number of hydrazine groups is 1. The molecule has 12 heteroatoms. The van der Waals surface area contributed by atoms with E-state index in [0.717, 1.165) is 4.90 Å². The van der Waals surface area contributed by atoms with Crippen molar-refractivity contribution in [3.8, 4) is 0 Å². The third kappa shape index (κ3) is 5.89. The van der Waals surface area contributed by atoms with Crippen molar-refractivity contribution in [1.29, 1.82) is 0 Å². The van der Waals surface area contributed by atoms with Crippen LogP contribution in [0.3, 0.4) is 0 Å². The molecule has 2 heterocycles. The summed E-state index contributed by atoms with van der Waals surface area (Å²) in [5.74, 6) is -0.813. The second kappa shape index (κ2) is 9.39. The van der Waals surface area contributed by atoms with Crippen molar-refractivity contribution >= 4 is 33.0 Å². The molecule has 164 valence electrons. The molecule has 2 saturated heterocycles. The number of amides is 2. The van der Waals surface area contributed by atoms with Crippen molar-refractivity contribution in [2.45, 2.75) is 12.8 Å². The third-order valence-corrected chi connectivity index (χ3v) is 7.28. The van der Waals surface area contributed by atoms with E-state index in [0.29, 0.717) is 38.3 Å². The third-order valence-electron chi connectivity index (χ3n) is 5.44. The van der Waals surface area contributed by atoms with Crippen LogP contribution >= 0.6 is 0 Å². The summed E-state index contributed by atoms with van der Waals surface area (Å²) in [6, 6.07) is 6.60. The van der Waals surface area contributed by atoms with Gasteiger partial charge in [-0.2, -0.15) is 0 Å². The Labute approximate surface area is 174 Å². The minimum atomic E-state index is -3.04. The van der Waals surface area contributed by atoms with Crippen molar-refractivity contribution in [2.75, 3.05) is 49.1 Å². The number of para-hydroxylation sites is 2. The van der Waals surface area contributed by atoms with E-state index in [1.54, 1.807) is 18.2 Å². The van der Waals surface area contributed by atoms with Crippen molar-refractivity contribution in [3.05, 3.63) is 34.4 Å². The van der Waals surface area contributed by atoms with Gasteiger partial charge in [0.05, 0.1) is 42.6 Å². The van der Waals surface area contributed by atoms with E-state index in [-0.39, 0.29) is 42.0 Å². The first kappa shape index (κ1) is 22.0. The fourth-order valence-electron chi connectivity index (χ4n) is 3.88. The Kier molecular flexibility index (Phi) is 6.87. The van der Waals surface area contributed by atoms with Crippen molar-refractivity contribution in [2.24, 2.45) is 5.92 Å². The second-order valence-corrected chi connectivity index (χ2v) is 9.96. The van der Waals surface area contributed by atoms with E-state index in [2.05, 4.69) is 10.9 Å². The van der Waals surface area contributed by atoms with Gasteiger partial charge >= 0.3 is 0 Å². The van der Waals surface area contributed by atoms with E-state index in [9.17, 15) is 28.1 Å². The molecule has 0 spiro atoms. The Hall–Kier alpha value is -2.73. The molecule has 0 aromatic heterocycles. The summed E-state index contributed by atoms with van der Waals surface area (Å²) < 4.78 is 22.9. The maximum absolute atomic E-state index is 12.1. The van der Waals surface area contributed by atoms with Crippen LogP contribution in [0.25, 0.3) is 0 Å². The first-order chi connectivity index (χ1) is 14.2. The van der Waals surface area contributed by atoms with Gasteiger partial charge in [0.25, 0.3) is 11.6 Å². The van der Waals surface area contributed by atoms with Crippen molar-refractivity contribution < 1.29 is 27.8 Å². The number of carbonyl (C=O) groups is 2. The zero-order chi connectivity index (χ0) is 21.7. The topological polar surface area (TPSA) is 143 Å². The van der Waals surface area contributed by atoms with Crippen LogP contribution in [0.5, 0.6) is 0 Å². The standard InChI is InChI=1S/C18H25N5O6S/c24-17(11-14-5-10-30(28,29)13-14)19-20-18(25)12-21-6-8-22(9-7-21)15-3-1-2-4-16(15)23(26)27/h1-4,14H,5-13H2,(H,19,24)(H,20,25)/p+1. The van der Waals surface area contributed by atoms with Gasteiger partial charge in [0, 0.05) is 12.5 Å². The minimum Gasteiger partial charge on any atom is -0.355 e. The van der Waals surface area contributed by atoms with Crippen LogP contribution in [0.4, 0.5) is 11.4 Å². The quantitative estimate of drug-likeness (QED) is 0.352. The van der Waals surface area contributed by atoms with Gasteiger partial charge in [0.2, 0.25) is 5.91 Å². The average Bonchev–Trinajstić information content (AvgIpc) is 3.05. The number of carbonyl (C=O) groups excluding carboxylic acids is 2. The van der Waals surface area contributed by atoms with Crippen LogP contribution in [0, 0.1) is 16.0 Å². The summed E-state index contributed by atoms with van der Waals surface area (Å²) in [6.45, 7) is 2.59. The van der Waals surface area contributed by atoms with Gasteiger partial charge in [-0.15, -0.1) is 0 Å². The molecular weight excluding hydrogens is 414 g/mol. The number of anilines is 1. The Bertz CT molecular complexity index is 913. The number of piperazine rings is 1. The fraction of sp³-hybridized carbons (Fsp3) is 0.556. The zero-order valence-electron chi connectivity index (χ0n) is 16.5. The molecule has 0 aliphatic carbocycles. The molecule has 30 heavy (non-hydrogen) atoms. The van der Waals surface area contributed by atoms with Crippen molar-refractivity contribution in [1.82, 2.24) is 10.9 Å². The number of rotatable bonds is 6. The fourth-order valence-corrected chi connectivity index (χ4v) is 5.75. The predicted octanol–water partition coefficient (Wildman–Crippen LogP) is -1.73. The molecule has 0 bridgehead atoms. The van der Waals surface area contributed by atoms with E-state index in [1.165, 1.54) is 6.07 Å². The summed E-state index contributed by atoms with van der Waals surface area (Å²) in [7, 11) is -3.04. The van der Waals surface area contributed by atoms with Crippen LogP contribution in [0.1, 0.15) is 12.8 Å². The average molecular weight is 441 g/mol. The number of nitro groups is 1. The highest BCUT2D eigenvalue weighted by atomic mass is 32.2. The molecule has 1 unspecified atom stereocenters. The van der Waals surface area contributed by atoms with Crippen molar-refractivity contribution in [3.63, 3.8) is 0 Å². The number of quaternary nitrogens is 1. The normalized spacial score (nSPS) is 21.2. The summed E-state index contributed by atoms with van der Waals surface area (Å²) in [4.78, 5) is 37.8. The number of hydrogen-bond donors (Lipinski definition) is 3. The van der Waals surface area contributed by atoms with Crippen LogP contribution in [-0.2, 0) is 19.4 Å². The number of sulfone groups is 1. The van der Waals surface area contributed by atoms with Crippen LogP contribution in [0.2, 0.25) is 0 Å². The Morgan fingerprint density at radius 2 is 1.83 bits per heavy atom. The zero-order valence-corrected chi connectivity index (χ0v) is 17.3. The number of nitrogens with zero attached hydrogens (tertiary/aromatic N) is 2. The molecule has 2 amide bonds. The van der Waals surface area contributed by atoms with Gasteiger partial charge < -0.3 is 9.80 Å².